The van der Waals surface area contributed by atoms with Gasteiger partial charge in [0.2, 0.25) is 0 Å². The standard InChI is InChI=1S/C31H28Cl2O5/c1-4-37-29(34)31(30(35)38-5-2)18-22-10-15-26(36-3)17-28(22)23(19-31)16-27(20-6-11-24(32)12-7-20)21-8-13-25(33)14-9-21/h6-17,19H,4-5,18H2,1-3H3. The van der Waals surface area contributed by atoms with Crippen molar-refractivity contribution in [2.45, 2.75) is 20.3 Å². The minimum absolute atomic E-state index is 0.110. The van der Waals surface area contributed by atoms with E-state index in [0.29, 0.717) is 21.4 Å². The van der Waals surface area contributed by atoms with E-state index < -0.39 is 17.4 Å². The summed E-state index contributed by atoms with van der Waals surface area (Å²) in [5.41, 5.74) is 3.30. The Bertz CT molecular complexity index is 1320. The van der Waals surface area contributed by atoms with Crippen LogP contribution in [0.25, 0.3) is 11.1 Å². The van der Waals surface area contributed by atoms with Crippen molar-refractivity contribution < 1.29 is 23.8 Å². The largest absolute Gasteiger partial charge is 0.497 e. The number of hydrogen-bond acceptors (Lipinski definition) is 5. The van der Waals surface area contributed by atoms with Crippen molar-refractivity contribution in [3.63, 3.8) is 0 Å². The Morgan fingerprint density at radius 1 is 0.842 bits per heavy atom. The maximum absolute atomic E-state index is 13.4. The highest BCUT2D eigenvalue weighted by molar-refractivity contribution is 6.31. The molecule has 1 aliphatic carbocycles. The van der Waals surface area contributed by atoms with Gasteiger partial charge < -0.3 is 14.2 Å². The van der Waals surface area contributed by atoms with Crippen molar-refractivity contribution in [3.05, 3.63) is 111 Å². The molecule has 3 aromatic rings. The lowest BCUT2D eigenvalue weighted by Crippen LogP contribution is -2.44. The van der Waals surface area contributed by atoms with Crippen LogP contribution in [-0.4, -0.2) is 32.3 Å². The number of allylic oxidation sites excluding steroid dienone is 2. The van der Waals surface area contributed by atoms with Crippen molar-refractivity contribution in [3.8, 4) is 5.75 Å². The van der Waals surface area contributed by atoms with Crippen LogP contribution in [0.2, 0.25) is 10.0 Å². The highest BCUT2D eigenvalue weighted by Gasteiger charge is 2.49. The van der Waals surface area contributed by atoms with Crippen molar-refractivity contribution in [2.75, 3.05) is 20.3 Å². The fourth-order valence-electron chi connectivity index (χ4n) is 4.53. The van der Waals surface area contributed by atoms with E-state index in [2.05, 4.69) is 0 Å². The molecule has 0 radical (unpaired) electrons. The molecule has 0 bridgehead atoms. The number of esters is 2. The van der Waals surface area contributed by atoms with Gasteiger partial charge in [0.05, 0.1) is 20.3 Å². The molecule has 4 rings (SSSR count). The molecule has 0 aliphatic heterocycles. The molecule has 0 atom stereocenters. The summed E-state index contributed by atoms with van der Waals surface area (Å²) in [5.74, 6) is -0.641. The Morgan fingerprint density at radius 2 is 1.37 bits per heavy atom. The lowest BCUT2D eigenvalue weighted by Gasteiger charge is -2.32. The lowest BCUT2D eigenvalue weighted by atomic mass is 9.72. The SMILES string of the molecule is CCOC(=O)C1(C(=O)OCC)C=C(C=C(c2ccc(Cl)cc2)c2ccc(Cl)cc2)c2cc(OC)ccc2C1. The number of hydrogen-bond donors (Lipinski definition) is 0. The van der Waals surface area contributed by atoms with Crippen LogP contribution in [0.15, 0.2) is 78.9 Å². The molecule has 1 aliphatic rings. The van der Waals surface area contributed by atoms with E-state index in [0.717, 1.165) is 27.8 Å². The van der Waals surface area contributed by atoms with Gasteiger partial charge in [-0.3, -0.25) is 9.59 Å². The molecule has 0 saturated carbocycles. The highest BCUT2D eigenvalue weighted by atomic mass is 35.5. The van der Waals surface area contributed by atoms with Crippen LogP contribution >= 0.6 is 23.2 Å². The number of carbonyl (C=O) groups excluding carboxylic acids is 2. The molecule has 38 heavy (non-hydrogen) atoms. The van der Waals surface area contributed by atoms with Gasteiger partial charge in [0.1, 0.15) is 5.75 Å². The van der Waals surface area contributed by atoms with Crippen molar-refractivity contribution >= 4 is 46.3 Å². The molecule has 0 fully saturated rings. The summed E-state index contributed by atoms with van der Waals surface area (Å²) in [6.45, 7) is 3.69. The minimum atomic E-state index is -1.63. The van der Waals surface area contributed by atoms with Crippen molar-refractivity contribution in [1.82, 2.24) is 0 Å². The minimum Gasteiger partial charge on any atom is -0.497 e. The van der Waals surface area contributed by atoms with Gasteiger partial charge in [-0.25, -0.2) is 0 Å². The number of fused-ring (bicyclic) bond motifs is 1. The molecule has 0 heterocycles. The Morgan fingerprint density at radius 3 is 1.84 bits per heavy atom. The third-order valence-corrected chi connectivity index (χ3v) is 6.89. The molecule has 0 unspecified atom stereocenters. The maximum Gasteiger partial charge on any atom is 0.327 e. The van der Waals surface area contributed by atoms with E-state index in [1.54, 1.807) is 27.0 Å². The Balaban J connectivity index is 2.01. The van der Waals surface area contributed by atoms with Gasteiger partial charge in [-0.1, -0.05) is 53.5 Å². The quantitative estimate of drug-likeness (QED) is 0.219. The predicted octanol–water partition coefficient (Wildman–Crippen LogP) is 7.19. The van der Waals surface area contributed by atoms with Gasteiger partial charge >= 0.3 is 11.9 Å². The van der Waals surface area contributed by atoms with Gasteiger partial charge in [0, 0.05) is 16.5 Å². The maximum atomic E-state index is 13.4. The number of benzene rings is 3. The Kier molecular flexibility index (Phi) is 8.60. The van der Waals surface area contributed by atoms with Gasteiger partial charge in [0.25, 0.3) is 0 Å². The fourth-order valence-corrected chi connectivity index (χ4v) is 4.78. The summed E-state index contributed by atoms with van der Waals surface area (Å²) in [5, 5.41) is 1.22. The normalized spacial score (nSPS) is 13.6. The second-order valence-electron chi connectivity index (χ2n) is 8.78. The molecule has 0 N–H and O–H groups in total. The highest BCUT2D eigenvalue weighted by Crippen LogP contribution is 2.42. The average molecular weight is 551 g/mol. The van der Waals surface area contributed by atoms with Crippen LogP contribution in [0.3, 0.4) is 0 Å². The number of methoxy groups -OCH3 is 1. The Hall–Kier alpha value is -3.54. The first-order valence-electron chi connectivity index (χ1n) is 12.3. The van der Waals surface area contributed by atoms with E-state index in [1.807, 2.05) is 72.8 Å². The average Bonchev–Trinajstić information content (AvgIpc) is 2.92. The molecule has 196 valence electrons. The first-order valence-corrected chi connectivity index (χ1v) is 13.0. The molecule has 3 aromatic carbocycles. The molecule has 0 aromatic heterocycles. The van der Waals surface area contributed by atoms with E-state index in [-0.39, 0.29) is 19.6 Å². The number of halogens is 2. The zero-order valence-corrected chi connectivity index (χ0v) is 22.9. The molecule has 0 saturated heterocycles. The smallest absolute Gasteiger partial charge is 0.327 e. The monoisotopic (exact) mass is 550 g/mol. The van der Waals surface area contributed by atoms with Crippen LogP contribution in [0.5, 0.6) is 5.75 Å². The van der Waals surface area contributed by atoms with Crippen LogP contribution in [-0.2, 0) is 25.5 Å². The third kappa shape index (κ3) is 5.64. The summed E-state index contributed by atoms with van der Waals surface area (Å²) < 4.78 is 16.3. The summed E-state index contributed by atoms with van der Waals surface area (Å²) in [6, 6.07) is 20.5. The zero-order chi connectivity index (χ0) is 27.3. The first kappa shape index (κ1) is 27.5. The predicted molar refractivity (Wildman–Crippen MR) is 150 cm³/mol. The lowest BCUT2D eigenvalue weighted by molar-refractivity contribution is -0.168. The topological polar surface area (TPSA) is 61.8 Å². The van der Waals surface area contributed by atoms with Crippen LogP contribution in [0, 0.1) is 5.41 Å². The fraction of sp³-hybridized carbons (Fsp3) is 0.226. The summed E-state index contributed by atoms with van der Waals surface area (Å²) in [4.78, 5) is 26.7. The van der Waals surface area contributed by atoms with Crippen LogP contribution in [0.1, 0.15) is 36.1 Å². The van der Waals surface area contributed by atoms with Crippen molar-refractivity contribution in [1.29, 1.82) is 0 Å². The zero-order valence-electron chi connectivity index (χ0n) is 21.4. The van der Waals surface area contributed by atoms with Crippen LogP contribution < -0.4 is 4.74 Å². The summed E-state index contributed by atoms with van der Waals surface area (Å²) >= 11 is 12.4. The van der Waals surface area contributed by atoms with Crippen molar-refractivity contribution in [2.24, 2.45) is 5.41 Å². The summed E-state index contributed by atoms with van der Waals surface area (Å²) in [7, 11) is 1.60. The second-order valence-corrected chi connectivity index (χ2v) is 9.66. The molecular formula is C31H28Cl2O5. The number of carbonyl (C=O) groups is 2. The number of rotatable bonds is 8. The third-order valence-electron chi connectivity index (χ3n) is 6.39. The van der Waals surface area contributed by atoms with Crippen LogP contribution in [0.4, 0.5) is 0 Å². The molecule has 5 nitrogen and oxygen atoms in total. The van der Waals surface area contributed by atoms with E-state index in [4.69, 9.17) is 37.4 Å². The Labute approximate surface area is 232 Å². The van der Waals surface area contributed by atoms with Gasteiger partial charge in [-0.2, -0.15) is 0 Å². The van der Waals surface area contributed by atoms with Gasteiger partial charge in [-0.15, -0.1) is 0 Å². The molecule has 0 amide bonds. The van der Waals surface area contributed by atoms with Gasteiger partial charge in [-0.05, 0) is 95.8 Å². The summed E-state index contributed by atoms with van der Waals surface area (Å²) in [6.07, 6.45) is 3.73. The second kappa shape index (κ2) is 11.9. The number of ether oxygens (including phenoxy) is 3. The molecular weight excluding hydrogens is 523 g/mol. The molecule has 7 heteroatoms. The molecule has 0 spiro atoms. The van der Waals surface area contributed by atoms with E-state index in [1.165, 1.54) is 0 Å². The van der Waals surface area contributed by atoms with Gasteiger partial charge in [0.15, 0.2) is 5.41 Å². The van der Waals surface area contributed by atoms with E-state index >= 15 is 0 Å². The first-order chi connectivity index (χ1) is 18.3. The van der Waals surface area contributed by atoms with E-state index in [9.17, 15) is 9.59 Å².